The smallest absolute Gasteiger partial charge is 0.356 e. The van der Waals surface area contributed by atoms with Crippen molar-refractivity contribution in [3.8, 4) is 0 Å². The fraction of sp³-hybridized carbons (Fsp3) is 0.125. The molecule has 0 saturated carbocycles. The first-order valence-corrected chi connectivity index (χ1v) is 3.69. The van der Waals surface area contributed by atoms with Crippen molar-refractivity contribution in [2.45, 2.75) is 0 Å². The summed E-state index contributed by atoms with van der Waals surface area (Å²) in [6, 6.07) is 3.36. The maximum Gasteiger partial charge on any atom is 0.356 e. The topological polar surface area (TPSA) is 67.9 Å². The van der Waals surface area contributed by atoms with Gasteiger partial charge in [-0.25, -0.2) is 9.78 Å². The number of ether oxygens (including phenoxy) is 1. The van der Waals surface area contributed by atoms with E-state index < -0.39 is 5.97 Å². The Morgan fingerprint density at radius 1 is 1.54 bits per heavy atom. The number of esters is 1. The Morgan fingerprint density at radius 2 is 2.38 bits per heavy atom. The predicted molar refractivity (Wildman–Crippen MR) is 45.2 cm³/mol. The minimum atomic E-state index is -0.448. The Hall–Kier alpha value is -1.91. The SMILES string of the molecule is COC(=O)c1ccc2cn[nH]c2n1. The van der Waals surface area contributed by atoms with E-state index in [4.69, 9.17) is 0 Å². The average Bonchev–Trinajstić information content (AvgIpc) is 2.63. The molecule has 1 N–H and O–H groups in total. The normalized spacial score (nSPS) is 10.2. The molecule has 2 rings (SSSR count). The third-order valence-electron chi connectivity index (χ3n) is 1.70. The molecule has 2 aromatic rings. The van der Waals surface area contributed by atoms with Gasteiger partial charge in [0.1, 0.15) is 0 Å². The molecule has 5 nitrogen and oxygen atoms in total. The molecule has 0 aliphatic carbocycles. The van der Waals surface area contributed by atoms with Crippen LogP contribution in [0.15, 0.2) is 18.3 Å². The third kappa shape index (κ3) is 1.24. The number of pyridine rings is 1. The molecular formula is C8H7N3O2. The number of hydrogen-bond donors (Lipinski definition) is 1. The van der Waals surface area contributed by atoms with Crippen molar-refractivity contribution in [2.75, 3.05) is 7.11 Å². The number of rotatable bonds is 1. The molecule has 0 amide bonds. The molecule has 0 bridgehead atoms. The zero-order valence-electron chi connectivity index (χ0n) is 6.94. The molecule has 0 unspecified atom stereocenters. The number of aromatic amines is 1. The molecule has 0 aliphatic rings. The first kappa shape index (κ1) is 7.72. The van der Waals surface area contributed by atoms with Crippen LogP contribution in [0.1, 0.15) is 10.5 Å². The lowest BCUT2D eigenvalue weighted by atomic mass is 10.3. The Balaban J connectivity index is 2.54. The molecule has 0 atom stereocenters. The summed E-state index contributed by atoms with van der Waals surface area (Å²) in [6.45, 7) is 0. The molecule has 0 saturated heterocycles. The van der Waals surface area contributed by atoms with Crippen LogP contribution in [0.5, 0.6) is 0 Å². The largest absolute Gasteiger partial charge is 0.464 e. The van der Waals surface area contributed by atoms with E-state index in [1.165, 1.54) is 7.11 Å². The van der Waals surface area contributed by atoms with Gasteiger partial charge < -0.3 is 4.74 Å². The van der Waals surface area contributed by atoms with E-state index in [2.05, 4.69) is 19.9 Å². The average molecular weight is 177 g/mol. The summed E-state index contributed by atoms with van der Waals surface area (Å²) in [5.74, 6) is -0.448. The number of methoxy groups -OCH3 is 1. The molecule has 13 heavy (non-hydrogen) atoms. The summed E-state index contributed by atoms with van der Waals surface area (Å²) >= 11 is 0. The summed E-state index contributed by atoms with van der Waals surface area (Å²) in [5.41, 5.74) is 0.863. The molecule has 0 aliphatic heterocycles. The van der Waals surface area contributed by atoms with Crippen molar-refractivity contribution in [1.82, 2.24) is 15.2 Å². The van der Waals surface area contributed by atoms with E-state index in [1.54, 1.807) is 18.3 Å². The van der Waals surface area contributed by atoms with Crippen LogP contribution >= 0.6 is 0 Å². The van der Waals surface area contributed by atoms with Crippen molar-refractivity contribution < 1.29 is 9.53 Å². The van der Waals surface area contributed by atoms with Crippen LogP contribution in [-0.2, 0) is 4.74 Å². The number of nitrogens with zero attached hydrogens (tertiary/aromatic N) is 2. The second-order valence-corrected chi connectivity index (χ2v) is 2.50. The number of carbonyl (C=O) groups is 1. The van der Waals surface area contributed by atoms with Gasteiger partial charge in [0.05, 0.1) is 13.3 Å². The van der Waals surface area contributed by atoms with Crippen molar-refractivity contribution in [3.05, 3.63) is 24.0 Å². The molecule has 0 fully saturated rings. The number of nitrogens with one attached hydrogen (secondary N) is 1. The Labute approximate surface area is 73.7 Å². The highest BCUT2D eigenvalue weighted by molar-refractivity contribution is 5.89. The zero-order valence-corrected chi connectivity index (χ0v) is 6.94. The maximum atomic E-state index is 11.1. The fourth-order valence-electron chi connectivity index (χ4n) is 1.04. The highest BCUT2D eigenvalue weighted by Crippen LogP contribution is 2.08. The lowest BCUT2D eigenvalue weighted by Crippen LogP contribution is -2.03. The second-order valence-electron chi connectivity index (χ2n) is 2.50. The number of hydrogen-bond acceptors (Lipinski definition) is 4. The van der Waals surface area contributed by atoms with Gasteiger partial charge in [0.15, 0.2) is 11.3 Å². The van der Waals surface area contributed by atoms with E-state index in [9.17, 15) is 4.79 Å². The van der Waals surface area contributed by atoms with Gasteiger partial charge in [0.2, 0.25) is 0 Å². The Bertz CT molecular complexity index is 449. The number of fused-ring (bicyclic) bond motifs is 1. The molecule has 2 aromatic heterocycles. The highest BCUT2D eigenvalue weighted by atomic mass is 16.5. The van der Waals surface area contributed by atoms with Gasteiger partial charge in [-0.3, -0.25) is 5.10 Å². The monoisotopic (exact) mass is 177 g/mol. The quantitative estimate of drug-likeness (QED) is 0.652. The van der Waals surface area contributed by atoms with Gasteiger partial charge >= 0.3 is 5.97 Å². The first-order chi connectivity index (χ1) is 6.31. The molecule has 2 heterocycles. The lowest BCUT2D eigenvalue weighted by Gasteiger charge is -1.96. The van der Waals surface area contributed by atoms with Gasteiger partial charge in [-0.15, -0.1) is 0 Å². The summed E-state index contributed by atoms with van der Waals surface area (Å²) < 4.78 is 4.53. The molecule has 0 aromatic carbocycles. The number of carbonyl (C=O) groups excluding carboxylic acids is 1. The van der Waals surface area contributed by atoms with E-state index in [0.29, 0.717) is 5.65 Å². The van der Waals surface area contributed by atoms with Crippen LogP contribution in [0.25, 0.3) is 11.0 Å². The summed E-state index contributed by atoms with van der Waals surface area (Å²) in [7, 11) is 1.32. The Morgan fingerprint density at radius 3 is 3.15 bits per heavy atom. The standard InChI is InChI=1S/C8H7N3O2/c1-13-8(12)6-3-2-5-4-9-11-7(5)10-6/h2-4H,1H3,(H,9,10,11). The van der Waals surface area contributed by atoms with Crippen molar-refractivity contribution >= 4 is 17.0 Å². The third-order valence-corrected chi connectivity index (χ3v) is 1.70. The minimum Gasteiger partial charge on any atom is -0.464 e. The molecule has 0 spiro atoms. The van der Waals surface area contributed by atoms with E-state index in [0.717, 1.165) is 5.39 Å². The van der Waals surface area contributed by atoms with Crippen LogP contribution in [0, 0.1) is 0 Å². The van der Waals surface area contributed by atoms with E-state index in [-0.39, 0.29) is 5.69 Å². The lowest BCUT2D eigenvalue weighted by molar-refractivity contribution is 0.0594. The molecular weight excluding hydrogens is 170 g/mol. The van der Waals surface area contributed by atoms with Crippen LogP contribution in [-0.4, -0.2) is 28.3 Å². The highest BCUT2D eigenvalue weighted by Gasteiger charge is 2.07. The summed E-state index contributed by atoms with van der Waals surface area (Å²) in [4.78, 5) is 15.1. The molecule has 5 heteroatoms. The van der Waals surface area contributed by atoms with E-state index in [1.807, 2.05) is 0 Å². The van der Waals surface area contributed by atoms with Gasteiger partial charge in [-0.1, -0.05) is 0 Å². The predicted octanol–water partition coefficient (Wildman–Crippen LogP) is 0.744. The second kappa shape index (κ2) is 2.85. The van der Waals surface area contributed by atoms with Crippen LogP contribution in [0.3, 0.4) is 0 Å². The summed E-state index contributed by atoms with van der Waals surface area (Å²) in [6.07, 6.45) is 1.64. The van der Waals surface area contributed by atoms with Crippen molar-refractivity contribution in [1.29, 1.82) is 0 Å². The molecule has 0 radical (unpaired) electrons. The van der Waals surface area contributed by atoms with Crippen molar-refractivity contribution in [3.63, 3.8) is 0 Å². The Kier molecular flexibility index (Phi) is 1.70. The van der Waals surface area contributed by atoms with Gasteiger partial charge in [0.25, 0.3) is 0 Å². The fourth-order valence-corrected chi connectivity index (χ4v) is 1.04. The molecule has 66 valence electrons. The van der Waals surface area contributed by atoms with Crippen LogP contribution in [0.2, 0.25) is 0 Å². The summed E-state index contributed by atoms with van der Waals surface area (Å²) in [5, 5.41) is 7.33. The number of H-pyrrole nitrogens is 1. The van der Waals surface area contributed by atoms with Crippen molar-refractivity contribution in [2.24, 2.45) is 0 Å². The first-order valence-electron chi connectivity index (χ1n) is 3.69. The zero-order chi connectivity index (χ0) is 9.26. The van der Waals surface area contributed by atoms with E-state index >= 15 is 0 Å². The van der Waals surface area contributed by atoms with Crippen LogP contribution < -0.4 is 0 Å². The van der Waals surface area contributed by atoms with Gasteiger partial charge in [-0.05, 0) is 12.1 Å². The maximum absolute atomic E-state index is 11.1. The number of aromatic nitrogens is 3. The minimum absolute atomic E-state index is 0.277. The van der Waals surface area contributed by atoms with Crippen LogP contribution in [0.4, 0.5) is 0 Å². The van der Waals surface area contributed by atoms with Gasteiger partial charge in [-0.2, -0.15) is 5.10 Å². The van der Waals surface area contributed by atoms with Gasteiger partial charge in [0, 0.05) is 5.39 Å².